The average molecular weight is 289 g/mol. The highest BCUT2D eigenvalue weighted by Crippen LogP contribution is 2.30. The maximum Gasteiger partial charge on any atom is 0.0762 e. The van der Waals surface area contributed by atoms with Crippen LogP contribution in [-0.4, -0.2) is 15.8 Å². The van der Waals surface area contributed by atoms with Crippen molar-refractivity contribution in [3.05, 3.63) is 18.0 Å². The zero-order valence-corrected chi connectivity index (χ0v) is 13.7. The minimum atomic E-state index is 0.654. The van der Waals surface area contributed by atoms with Gasteiger partial charge in [-0.2, -0.15) is 5.10 Å². The van der Waals surface area contributed by atoms with Gasteiger partial charge in [-0.15, -0.1) is 0 Å². The van der Waals surface area contributed by atoms with E-state index in [1.54, 1.807) is 0 Å². The summed E-state index contributed by atoms with van der Waals surface area (Å²) in [7, 11) is 0. The Morgan fingerprint density at radius 1 is 1.10 bits per heavy atom. The van der Waals surface area contributed by atoms with E-state index in [4.69, 9.17) is 5.10 Å². The topological polar surface area (TPSA) is 29.9 Å². The lowest BCUT2D eigenvalue weighted by Gasteiger charge is -2.34. The fourth-order valence-electron chi connectivity index (χ4n) is 4.13. The van der Waals surface area contributed by atoms with Crippen LogP contribution < -0.4 is 5.32 Å². The highest BCUT2D eigenvalue weighted by Gasteiger charge is 2.26. The maximum absolute atomic E-state index is 4.82. The molecule has 2 aliphatic rings. The maximum atomic E-state index is 4.82. The first-order valence-corrected chi connectivity index (χ1v) is 9.01. The lowest BCUT2D eigenvalue weighted by atomic mass is 9.78. The average Bonchev–Trinajstić information content (AvgIpc) is 2.99. The van der Waals surface area contributed by atoms with Crippen LogP contribution in [-0.2, 0) is 6.54 Å². The fourth-order valence-corrected chi connectivity index (χ4v) is 4.13. The van der Waals surface area contributed by atoms with Gasteiger partial charge in [0.15, 0.2) is 0 Å². The summed E-state index contributed by atoms with van der Waals surface area (Å²) in [5, 5.41) is 8.58. The summed E-state index contributed by atoms with van der Waals surface area (Å²) in [6.07, 6.45) is 13.1. The lowest BCUT2D eigenvalue weighted by molar-refractivity contribution is 0.205. The van der Waals surface area contributed by atoms with E-state index in [0.29, 0.717) is 12.1 Å². The Bertz CT molecular complexity index is 433. The van der Waals surface area contributed by atoms with Crippen molar-refractivity contribution in [3.8, 4) is 0 Å². The monoisotopic (exact) mass is 289 g/mol. The molecule has 0 radical (unpaired) electrons. The number of nitrogens with one attached hydrogen (secondary N) is 1. The normalized spacial score (nSPS) is 31.4. The van der Waals surface area contributed by atoms with Gasteiger partial charge in [-0.05, 0) is 37.2 Å². The van der Waals surface area contributed by atoms with Crippen LogP contribution in [0, 0.1) is 11.8 Å². The number of hydrogen-bond donors (Lipinski definition) is 1. The van der Waals surface area contributed by atoms with E-state index in [2.05, 4.69) is 36.1 Å². The third-order valence-electron chi connectivity index (χ3n) is 5.86. The van der Waals surface area contributed by atoms with Crippen molar-refractivity contribution in [2.45, 2.75) is 83.8 Å². The molecule has 0 bridgehead atoms. The summed E-state index contributed by atoms with van der Waals surface area (Å²) in [5.74, 6) is 1.65. The summed E-state index contributed by atoms with van der Waals surface area (Å²) in [6, 6.07) is 3.54. The van der Waals surface area contributed by atoms with E-state index in [1.807, 2.05) is 0 Å². The van der Waals surface area contributed by atoms with Crippen LogP contribution in [0.5, 0.6) is 0 Å². The molecule has 1 heterocycles. The largest absolute Gasteiger partial charge is 0.308 e. The Labute approximate surface area is 129 Å². The standard InChI is InChI=1S/C18H31N3/c1-14-7-6-10-18(15(14)2)19-13-16-11-12-21(20-16)17-8-4-3-5-9-17/h11-12,14-15,17-19H,3-10,13H2,1-2H3. The molecule has 1 N–H and O–H groups in total. The van der Waals surface area contributed by atoms with Gasteiger partial charge in [0.25, 0.3) is 0 Å². The molecule has 2 aliphatic carbocycles. The SMILES string of the molecule is CC1CCCC(NCc2ccn(C3CCCCC3)n2)C1C. The van der Waals surface area contributed by atoms with Crippen molar-refractivity contribution >= 4 is 0 Å². The molecule has 3 atom stereocenters. The smallest absolute Gasteiger partial charge is 0.0762 e. The molecule has 0 amide bonds. The van der Waals surface area contributed by atoms with E-state index in [9.17, 15) is 0 Å². The minimum Gasteiger partial charge on any atom is -0.308 e. The first kappa shape index (κ1) is 15.1. The molecule has 3 unspecified atom stereocenters. The summed E-state index contributed by atoms with van der Waals surface area (Å²) in [5.41, 5.74) is 1.21. The predicted octanol–water partition coefficient (Wildman–Crippen LogP) is 4.30. The van der Waals surface area contributed by atoms with Gasteiger partial charge in [-0.1, -0.05) is 46.0 Å². The van der Waals surface area contributed by atoms with E-state index in [0.717, 1.165) is 18.4 Å². The van der Waals surface area contributed by atoms with Crippen molar-refractivity contribution in [1.82, 2.24) is 15.1 Å². The molecule has 3 rings (SSSR count). The highest BCUT2D eigenvalue weighted by molar-refractivity contribution is 5.00. The van der Waals surface area contributed by atoms with Gasteiger partial charge in [-0.25, -0.2) is 0 Å². The van der Waals surface area contributed by atoms with Gasteiger partial charge in [0, 0.05) is 18.8 Å². The molecule has 3 nitrogen and oxygen atoms in total. The zero-order valence-electron chi connectivity index (χ0n) is 13.7. The molecule has 3 heteroatoms. The molecular weight excluding hydrogens is 258 g/mol. The van der Waals surface area contributed by atoms with Crippen molar-refractivity contribution in [3.63, 3.8) is 0 Å². The molecule has 2 saturated carbocycles. The molecule has 1 aromatic heterocycles. The lowest BCUT2D eigenvalue weighted by Crippen LogP contribution is -2.40. The Morgan fingerprint density at radius 3 is 2.71 bits per heavy atom. The second-order valence-electron chi connectivity index (χ2n) is 7.33. The molecular formula is C18H31N3. The van der Waals surface area contributed by atoms with Crippen LogP contribution in [0.3, 0.4) is 0 Å². The van der Waals surface area contributed by atoms with Crippen molar-refractivity contribution in [2.75, 3.05) is 0 Å². The van der Waals surface area contributed by atoms with Gasteiger partial charge >= 0.3 is 0 Å². The summed E-state index contributed by atoms with van der Waals surface area (Å²) in [6.45, 7) is 5.74. The van der Waals surface area contributed by atoms with Crippen LogP contribution in [0.1, 0.15) is 76.9 Å². The molecule has 1 aromatic rings. The summed E-state index contributed by atoms with van der Waals surface area (Å²) >= 11 is 0. The van der Waals surface area contributed by atoms with Crippen LogP contribution in [0.4, 0.5) is 0 Å². The van der Waals surface area contributed by atoms with Crippen LogP contribution >= 0.6 is 0 Å². The van der Waals surface area contributed by atoms with Crippen LogP contribution in [0.2, 0.25) is 0 Å². The second-order valence-corrected chi connectivity index (χ2v) is 7.33. The Kier molecular flexibility index (Phi) is 4.99. The van der Waals surface area contributed by atoms with Crippen molar-refractivity contribution in [2.24, 2.45) is 11.8 Å². The Hall–Kier alpha value is -0.830. The van der Waals surface area contributed by atoms with Crippen molar-refractivity contribution in [1.29, 1.82) is 0 Å². The fraction of sp³-hybridized carbons (Fsp3) is 0.833. The Balaban J connectivity index is 1.52. The number of nitrogens with zero attached hydrogens (tertiary/aromatic N) is 2. The van der Waals surface area contributed by atoms with Gasteiger partial charge < -0.3 is 5.32 Å². The summed E-state index contributed by atoms with van der Waals surface area (Å²) in [4.78, 5) is 0. The summed E-state index contributed by atoms with van der Waals surface area (Å²) < 4.78 is 2.23. The molecule has 0 aromatic carbocycles. The third kappa shape index (κ3) is 3.68. The first-order valence-electron chi connectivity index (χ1n) is 9.01. The molecule has 0 aliphatic heterocycles. The third-order valence-corrected chi connectivity index (χ3v) is 5.86. The van der Waals surface area contributed by atoms with E-state index < -0.39 is 0 Å². The van der Waals surface area contributed by atoms with E-state index >= 15 is 0 Å². The van der Waals surface area contributed by atoms with Crippen LogP contribution in [0.15, 0.2) is 12.3 Å². The molecule has 118 valence electrons. The molecule has 0 spiro atoms. The quantitative estimate of drug-likeness (QED) is 0.895. The first-order chi connectivity index (χ1) is 10.2. The second kappa shape index (κ2) is 6.95. The number of rotatable bonds is 4. The predicted molar refractivity (Wildman–Crippen MR) is 87.2 cm³/mol. The number of aromatic nitrogens is 2. The van der Waals surface area contributed by atoms with Crippen LogP contribution in [0.25, 0.3) is 0 Å². The molecule has 2 fully saturated rings. The van der Waals surface area contributed by atoms with E-state index in [1.165, 1.54) is 57.1 Å². The zero-order chi connectivity index (χ0) is 14.7. The molecule has 0 saturated heterocycles. The van der Waals surface area contributed by atoms with Gasteiger partial charge in [0.1, 0.15) is 0 Å². The Morgan fingerprint density at radius 2 is 1.90 bits per heavy atom. The van der Waals surface area contributed by atoms with Gasteiger partial charge in [0.05, 0.1) is 11.7 Å². The van der Waals surface area contributed by atoms with Gasteiger partial charge in [-0.3, -0.25) is 4.68 Å². The highest BCUT2D eigenvalue weighted by atomic mass is 15.3. The van der Waals surface area contributed by atoms with E-state index in [-0.39, 0.29) is 0 Å². The van der Waals surface area contributed by atoms with Gasteiger partial charge in [0.2, 0.25) is 0 Å². The number of hydrogen-bond acceptors (Lipinski definition) is 2. The minimum absolute atomic E-state index is 0.654. The van der Waals surface area contributed by atoms with Crippen molar-refractivity contribution < 1.29 is 0 Å². The molecule has 21 heavy (non-hydrogen) atoms.